The van der Waals surface area contributed by atoms with E-state index in [1.165, 1.54) is 12.7 Å². The van der Waals surface area contributed by atoms with Gasteiger partial charge in [-0.05, 0) is 37.7 Å². The van der Waals surface area contributed by atoms with Crippen LogP contribution < -0.4 is 10.5 Å². The smallest absolute Gasteiger partial charge is 0.309 e. The zero-order valence-electron chi connectivity index (χ0n) is 13.2. The van der Waals surface area contributed by atoms with E-state index in [0.29, 0.717) is 19.7 Å². The lowest BCUT2D eigenvalue weighted by molar-refractivity contribution is -0.145. The van der Waals surface area contributed by atoms with Gasteiger partial charge in [0.2, 0.25) is 0 Å². The van der Waals surface area contributed by atoms with Gasteiger partial charge in [0.15, 0.2) is 0 Å². The molecule has 5 heteroatoms. The average molecular weight is 294 g/mol. The normalized spacial score (nSPS) is 12.2. The van der Waals surface area contributed by atoms with Gasteiger partial charge in [0.25, 0.3) is 0 Å². The number of rotatable bonds is 9. The van der Waals surface area contributed by atoms with Crippen LogP contribution in [0.5, 0.6) is 5.75 Å². The molecule has 1 atom stereocenters. The second-order valence-corrected chi connectivity index (χ2v) is 5.22. The summed E-state index contributed by atoms with van der Waals surface area (Å²) in [5.41, 5.74) is 6.73. The molecule has 1 rings (SSSR count). The Bertz CT molecular complexity index is 420. The fourth-order valence-electron chi connectivity index (χ4n) is 2.07. The quantitative estimate of drug-likeness (QED) is 0.696. The monoisotopic (exact) mass is 294 g/mol. The van der Waals surface area contributed by atoms with Gasteiger partial charge < -0.3 is 20.1 Å². The van der Waals surface area contributed by atoms with Gasteiger partial charge in [-0.25, -0.2) is 0 Å². The van der Waals surface area contributed by atoms with E-state index in [1.54, 1.807) is 0 Å². The highest BCUT2D eigenvalue weighted by molar-refractivity contribution is 5.72. The van der Waals surface area contributed by atoms with Crippen LogP contribution in [-0.4, -0.2) is 51.3 Å². The summed E-state index contributed by atoms with van der Waals surface area (Å²) in [5.74, 6) is 0.541. The number of benzene rings is 1. The van der Waals surface area contributed by atoms with Crippen LogP contribution in [-0.2, 0) is 16.0 Å². The third kappa shape index (κ3) is 6.60. The van der Waals surface area contributed by atoms with E-state index in [4.69, 9.17) is 15.2 Å². The largest absolute Gasteiger partial charge is 0.492 e. The van der Waals surface area contributed by atoms with Crippen LogP contribution in [0.15, 0.2) is 24.3 Å². The summed E-state index contributed by atoms with van der Waals surface area (Å²) in [7, 11) is 3.38. The van der Waals surface area contributed by atoms with Crippen LogP contribution in [0.3, 0.4) is 0 Å². The van der Waals surface area contributed by atoms with E-state index in [2.05, 4.69) is 4.90 Å². The zero-order valence-corrected chi connectivity index (χ0v) is 13.2. The first-order valence-corrected chi connectivity index (χ1v) is 7.25. The maximum atomic E-state index is 11.3. The average Bonchev–Trinajstić information content (AvgIpc) is 2.48. The molecule has 0 amide bonds. The predicted molar refractivity (Wildman–Crippen MR) is 83.4 cm³/mol. The molecule has 0 aliphatic rings. The molecule has 0 aromatic heterocycles. The molecular weight excluding hydrogens is 268 g/mol. The van der Waals surface area contributed by atoms with Gasteiger partial charge in [-0.3, -0.25) is 4.79 Å². The van der Waals surface area contributed by atoms with Crippen molar-refractivity contribution >= 4 is 5.97 Å². The third-order valence-electron chi connectivity index (χ3n) is 3.29. The van der Waals surface area contributed by atoms with Gasteiger partial charge in [0.05, 0.1) is 13.0 Å². The van der Waals surface area contributed by atoms with E-state index < -0.39 is 0 Å². The summed E-state index contributed by atoms with van der Waals surface area (Å²) in [4.78, 5) is 13.4. The number of methoxy groups -OCH3 is 1. The molecule has 0 saturated heterocycles. The number of nitrogens with zero attached hydrogens (tertiary/aromatic N) is 1. The third-order valence-corrected chi connectivity index (χ3v) is 3.29. The van der Waals surface area contributed by atoms with E-state index >= 15 is 0 Å². The second kappa shape index (κ2) is 9.37. The summed E-state index contributed by atoms with van der Waals surface area (Å²) in [6, 6.07) is 7.99. The number of hydrogen-bond donors (Lipinski definition) is 1. The number of likely N-dealkylation sites (N-methyl/N-ethyl adjacent to an activating group) is 1. The molecule has 0 heterocycles. The molecule has 0 saturated carbocycles. The minimum absolute atomic E-state index is 0.129. The van der Waals surface area contributed by atoms with Gasteiger partial charge in [-0.1, -0.05) is 19.1 Å². The van der Waals surface area contributed by atoms with Crippen LogP contribution in [0, 0.1) is 5.92 Å². The number of nitrogens with two attached hydrogens (primary N) is 1. The first kappa shape index (κ1) is 17.5. The molecule has 1 aromatic carbocycles. The minimum atomic E-state index is -0.182. The van der Waals surface area contributed by atoms with E-state index in [9.17, 15) is 4.79 Å². The Hall–Kier alpha value is -1.59. The second-order valence-electron chi connectivity index (χ2n) is 5.22. The van der Waals surface area contributed by atoms with Gasteiger partial charge in [-0.15, -0.1) is 0 Å². The zero-order chi connectivity index (χ0) is 15.7. The maximum Gasteiger partial charge on any atom is 0.309 e. The Morgan fingerprint density at radius 1 is 1.33 bits per heavy atom. The molecule has 1 unspecified atom stereocenters. The Morgan fingerprint density at radius 2 is 2.00 bits per heavy atom. The number of esters is 1. The first-order valence-electron chi connectivity index (χ1n) is 7.25. The lowest BCUT2D eigenvalue weighted by atomic mass is 10.1. The lowest BCUT2D eigenvalue weighted by Gasteiger charge is -2.20. The predicted octanol–water partition coefficient (Wildman–Crippen LogP) is 1.31. The van der Waals surface area contributed by atoms with Gasteiger partial charge in [0.1, 0.15) is 12.4 Å². The summed E-state index contributed by atoms with van der Waals surface area (Å²) in [6.07, 6.45) is 0.883. The number of hydrogen-bond acceptors (Lipinski definition) is 5. The Balaban J connectivity index is 2.27. The Kier molecular flexibility index (Phi) is 7.79. The highest BCUT2D eigenvalue weighted by Crippen LogP contribution is 2.12. The molecule has 2 N–H and O–H groups in total. The van der Waals surface area contributed by atoms with Crippen LogP contribution in [0.4, 0.5) is 0 Å². The van der Waals surface area contributed by atoms with Crippen molar-refractivity contribution in [2.45, 2.75) is 13.3 Å². The number of ether oxygens (including phenoxy) is 2. The maximum absolute atomic E-state index is 11.3. The topological polar surface area (TPSA) is 64.8 Å². The Labute approximate surface area is 127 Å². The Morgan fingerprint density at radius 3 is 2.57 bits per heavy atom. The van der Waals surface area contributed by atoms with Crippen molar-refractivity contribution in [2.24, 2.45) is 11.7 Å². The van der Waals surface area contributed by atoms with E-state index in [0.717, 1.165) is 18.7 Å². The molecule has 0 spiro atoms. The molecule has 5 nitrogen and oxygen atoms in total. The molecule has 0 fully saturated rings. The van der Waals surface area contributed by atoms with Crippen molar-refractivity contribution in [2.75, 3.05) is 40.4 Å². The summed E-state index contributed by atoms with van der Waals surface area (Å²) >= 11 is 0. The van der Waals surface area contributed by atoms with Crippen molar-refractivity contribution in [3.8, 4) is 5.75 Å². The van der Waals surface area contributed by atoms with Crippen LogP contribution >= 0.6 is 0 Å². The van der Waals surface area contributed by atoms with Crippen molar-refractivity contribution in [3.63, 3.8) is 0 Å². The van der Waals surface area contributed by atoms with Crippen LogP contribution in [0.1, 0.15) is 12.5 Å². The van der Waals surface area contributed by atoms with Crippen LogP contribution in [0.25, 0.3) is 0 Å². The van der Waals surface area contributed by atoms with Gasteiger partial charge >= 0.3 is 5.97 Å². The molecule has 21 heavy (non-hydrogen) atoms. The van der Waals surface area contributed by atoms with Crippen LogP contribution in [0.2, 0.25) is 0 Å². The first-order chi connectivity index (χ1) is 10.1. The minimum Gasteiger partial charge on any atom is -0.492 e. The van der Waals surface area contributed by atoms with Crippen molar-refractivity contribution in [1.82, 2.24) is 4.90 Å². The highest BCUT2D eigenvalue weighted by Gasteiger charge is 2.15. The number of carbonyl (C=O) groups excluding carboxylic acids is 1. The molecular formula is C16H26N2O3. The van der Waals surface area contributed by atoms with Gasteiger partial charge in [0, 0.05) is 13.1 Å². The van der Waals surface area contributed by atoms with E-state index in [1.807, 2.05) is 38.2 Å². The molecule has 0 aliphatic carbocycles. The highest BCUT2D eigenvalue weighted by atomic mass is 16.5. The van der Waals surface area contributed by atoms with Gasteiger partial charge in [-0.2, -0.15) is 0 Å². The van der Waals surface area contributed by atoms with E-state index in [-0.39, 0.29) is 11.9 Å². The molecule has 0 radical (unpaired) electrons. The summed E-state index contributed by atoms with van der Waals surface area (Å²) in [6.45, 7) is 4.51. The lowest BCUT2D eigenvalue weighted by Crippen LogP contribution is -2.32. The number of carbonyl (C=O) groups is 1. The summed E-state index contributed by atoms with van der Waals surface area (Å²) in [5, 5.41) is 0. The summed E-state index contributed by atoms with van der Waals surface area (Å²) < 4.78 is 10.4. The van der Waals surface area contributed by atoms with Crippen molar-refractivity contribution < 1.29 is 14.3 Å². The molecule has 118 valence electrons. The molecule has 1 aromatic rings. The standard InChI is InChI=1S/C16H26N2O3/c1-13(16(19)20-3)12-18(2)10-11-21-15-6-4-14(5-7-15)8-9-17/h4-7,13H,8-12,17H2,1-3H3. The van der Waals surface area contributed by atoms with Crippen molar-refractivity contribution in [3.05, 3.63) is 29.8 Å². The fourth-order valence-corrected chi connectivity index (χ4v) is 2.07. The fraction of sp³-hybridized carbons (Fsp3) is 0.562. The molecule has 0 bridgehead atoms. The SMILES string of the molecule is COC(=O)C(C)CN(C)CCOc1ccc(CCN)cc1. The molecule has 0 aliphatic heterocycles. The van der Waals surface area contributed by atoms with Crippen molar-refractivity contribution in [1.29, 1.82) is 0 Å².